The Hall–Kier alpha value is -0.670. The average molecular weight is 310 g/mol. The molecule has 0 N–H and O–H groups in total. The van der Waals surface area contributed by atoms with Crippen molar-refractivity contribution >= 4 is 22.2 Å². The summed E-state index contributed by atoms with van der Waals surface area (Å²) in [6.45, 7) is 1.16. The highest BCUT2D eigenvalue weighted by atomic mass is 79.9. The topological polar surface area (TPSA) is 20.3 Å². The molecule has 3 heteroatoms. The molecular formula is C15H20BrNO. The van der Waals surface area contributed by atoms with Crippen LogP contribution in [0.5, 0.6) is 0 Å². The Morgan fingerprint density at radius 3 is 2.89 bits per heavy atom. The number of hydrogen-bond donors (Lipinski definition) is 0. The van der Waals surface area contributed by atoms with Crippen LogP contribution in [0.4, 0.5) is 0 Å². The highest BCUT2D eigenvalue weighted by molar-refractivity contribution is 9.10. The van der Waals surface area contributed by atoms with E-state index in [4.69, 9.17) is 0 Å². The highest BCUT2D eigenvalue weighted by Gasteiger charge is 2.24. The molecule has 1 aliphatic rings. The van der Waals surface area contributed by atoms with Gasteiger partial charge in [0.25, 0.3) is 0 Å². The first kappa shape index (κ1) is 13.8. The molecule has 1 fully saturated rings. The Morgan fingerprint density at radius 1 is 1.44 bits per heavy atom. The summed E-state index contributed by atoms with van der Waals surface area (Å²) in [6, 6.07) is 8.59. The van der Waals surface area contributed by atoms with Gasteiger partial charge in [0, 0.05) is 16.4 Å². The van der Waals surface area contributed by atoms with Gasteiger partial charge in [0.15, 0.2) is 0 Å². The summed E-state index contributed by atoms with van der Waals surface area (Å²) < 4.78 is 1.04. The number of hydrogen-bond acceptors (Lipinski definition) is 2. The lowest BCUT2D eigenvalue weighted by Crippen LogP contribution is -2.37. The van der Waals surface area contributed by atoms with E-state index in [1.165, 1.54) is 19.3 Å². The summed E-state index contributed by atoms with van der Waals surface area (Å²) >= 11 is 3.55. The summed E-state index contributed by atoms with van der Waals surface area (Å²) in [5.74, 6) is 0.00567. The Kier molecular flexibility index (Phi) is 4.95. The van der Waals surface area contributed by atoms with Crippen LogP contribution in [0.1, 0.15) is 37.2 Å². The predicted molar refractivity (Wildman–Crippen MR) is 77.8 cm³/mol. The Labute approximate surface area is 117 Å². The van der Waals surface area contributed by atoms with Crippen LogP contribution in [0.2, 0.25) is 0 Å². The molecule has 0 spiro atoms. The summed E-state index contributed by atoms with van der Waals surface area (Å²) in [5.41, 5.74) is 1.12. The van der Waals surface area contributed by atoms with Crippen LogP contribution < -0.4 is 0 Å². The molecule has 0 aromatic heterocycles. The van der Waals surface area contributed by atoms with Crippen molar-refractivity contribution in [3.8, 4) is 0 Å². The summed E-state index contributed by atoms with van der Waals surface area (Å²) in [4.78, 5) is 13.8. The second kappa shape index (κ2) is 6.48. The van der Waals surface area contributed by atoms with E-state index in [-0.39, 0.29) is 5.92 Å². The number of nitrogens with zero attached hydrogens (tertiary/aromatic N) is 1. The number of aldehydes is 1. The number of piperidine rings is 1. The molecule has 1 aromatic carbocycles. The van der Waals surface area contributed by atoms with Gasteiger partial charge < -0.3 is 9.69 Å². The van der Waals surface area contributed by atoms with Crippen molar-refractivity contribution in [3.63, 3.8) is 0 Å². The SMILES string of the molecule is CN1CCCCC1CC(C=O)c1ccccc1Br. The van der Waals surface area contributed by atoms with Crippen LogP contribution >= 0.6 is 15.9 Å². The Bertz CT molecular complexity index is 407. The van der Waals surface area contributed by atoms with Crippen molar-refractivity contribution < 1.29 is 4.79 Å². The molecule has 98 valence electrons. The standard InChI is InChI=1S/C15H20BrNO/c1-17-9-5-4-6-13(17)10-12(11-18)14-7-2-3-8-15(14)16/h2-3,7-8,11-13H,4-6,9-10H2,1H3. The van der Waals surface area contributed by atoms with Gasteiger partial charge in [0.1, 0.15) is 6.29 Å². The summed E-state index contributed by atoms with van der Waals surface area (Å²) in [6.07, 6.45) is 5.82. The van der Waals surface area contributed by atoms with Crippen LogP contribution in [0.15, 0.2) is 28.7 Å². The van der Waals surface area contributed by atoms with Crippen molar-refractivity contribution in [1.29, 1.82) is 0 Å². The van der Waals surface area contributed by atoms with Gasteiger partial charge in [0.05, 0.1) is 0 Å². The molecular weight excluding hydrogens is 290 g/mol. The van der Waals surface area contributed by atoms with Crippen molar-refractivity contribution in [2.24, 2.45) is 0 Å². The van der Waals surface area contributed by atoms with Crippen LogP contribution in [0.3, 0.4) is 0 Å². The number of carbonyl (C=O) groups is 1. The van der Waals surface area contributed by atoms with Gasteiger partial charge in [-0.05, 0) is 44.5 Å². The van der Waals surface area contributed by atoms with Gasteiger partial charge in [-0.1, -0.05) is 40.5 Å². The smallest absolute Gasteiger partial charge is 0.127 e. The van der Waals surface area contributed by atoms with Crippen molar-refractivity contribution in [3.05, 3.63) is 34.3 Å². The molecule has 2 nitrogen and oxygen atoms in total. The monoisotopic (exact) mass is 309 g/mol. The van der Waals surface area contributed by atoms with Crippen LogP contribution in [0, 0.1) is 0 Å². The van der Waals surface area contributed by atoms with E-state index in [2.05, 4.69) is 27.9 Å². The van der Waals surface area contributed by atoms with Gasteiger partial charge in [-0.3, -0.25) is 0 Å². The third-order valence-corrected chi connectivity index (χ3v) is 4.64. The van der Waals surface area contributed by atoms with E-state index in [9.17, 15) is 4.79 Å². The van der Waals surface area contributed by atoms with Gasteiger partial charge in [-0.2, -0.15) is 0 Å². The van der Waals surface area contributed by atoms with E-state index in [0.717, 1.165) is 29.3 Å². The van der Waals surface area contributed by atoms with E-state index >= 15 is 0 Å². The summed E-state index contributed by atoms with van der Waals surface area (Å²) in [5, 5.41) is 0. The fourth-order valence-electron chi connectivity index (χ4n) is 2.77. The minimum atomic E-state index is 0.00567. The minimum Gasteiger partial charge on any atom is -0.303 e. The number of rotatable bonds is 4. The zero-order valence-electron chi connectivity index (χ0n) is 10.8. The lowest BCUT2D eigenvalue weighted by Gasteiger charge is -2.34. The Morgan fingerprint density at radius 2 is 2.22 bits per heavy atom. The largest absolute Gasteiger partial charge is 0.303 e. The average Bonchev–Trinajstić information content (AvgIpc) is 2.39. The van der Waals surface area contributed by atoms with Gasteiger partial charge in [-0.25, -0.2) is 0 Å². The lowest BCUT2D eigenvalue weighted by atomic mass is 9.89. The molecule has 0 saturated carbocycles. The van der Waals surface area contributed by atoms with Gasteiger partial charge >= 0.3 is 0 Å². The van der Waals surface area contributed by atoms with Gasteiger partial charge in [0.2, 0.25) is 0 Å². The van der Waals surface area contributed by atoms with E-state index < -0.39 is 0 Å². The van der Waals surface area contributed by atoms with E-state index in [1.54, 1.807) is 0 Å². The van der Waals surface area contributed by atoms with Crippen LogP contribution in [-0.4, -0.2) is 30.8 Å². The van der Waals surface area contributed by atoms with E-state index in [1.807, 2.05) is 24.3 Å². The molecule has 0 radical (unpaired) electrons. The molecule has 2 atom stereocenters. The highest BCUT2D eigenvalue weighted by Crippen LogP contribution is 2.30. The van der Waals surface area contributed by atoms with Crippen molar-refractivity contribution in [2.45, 2.75) is 37.6 Å². The second-order valence-corrected chi connectivity index (χ2v) is 5.98. The molecule has 2 unspecified atom stereocenters. The quantitative estimate of drug-likeness (QED) is 0.792. The molecule has 1 saturated heterocycles. The predicted octanol–water partition coefficient (Wildman–Crippen LogP) is 3.61. The summed E-state index contributed by atoms with van der Waals surface area (Å²) in [7, 11) is 2.17. The van der Waals surface area contributed by atoms with Crippen molar-refractivity contribution in [1.82, 2.24) is 4.90 Å². The van der Waals surface area contributed by atoms with Crippen LogP contribution in [-0.2, 0) is 4.79 Å². The van der Waals surface area contributed by atoms with Crippen LogP contribution in [0.25, 0.3) is 0 Å². The second-order valence-electron chi connectivity index (χ2n) is 5.13. The molecule has 1 aromatic rings. The fourth-order valence-corrected chi connectivity index (χ4v) is 3.35. The van der Waals surface area contributed by atoms with Crippen molar-refractivity contribution in [2.75, 3.05) is 13.6 Å². The number of carbonyl (C=O) groups excluding carboxylic acids is 1. The zero-order valence-corrected chi connectivity index (χ0v) is 12.4. The maximum Gasteiger partial charge on any atom is 0.127 e. The first-order chi connectivity index (χ1) is 8.72. The number of likely N-dealkylation sites (tertiary alicyclic amines) is 1. The third kappa shape index (κ3) is 3.21. The lowest BCUT2D eigenvalue weighted by molar-refractivity contribution is -0.109. The molecule has 0 amide bonds. The number of halogens is 1. The molecule has 18 heavy (non-hydrogen) atoms. The first-order valence-electron chi connectivity index (χ1n) is 6.62. The molecule has 2 rings (SSSR count). The molecule has 0 aliphatic carbocycles. The third-order valence-electron chi connectivity index (χ3n) is 3.92. The molecule has 0 bridgehead atoms. The fraction of sp³-hybridized carbons (Fsp3) is 0.533. The zero-order chi connectivity index (χ0) is 13.0. The first-order valence-corrected chi connectivity index (χ1v) is 7.41. The minimum absolute atomic E-state index is 0.00567. The molecule has 1 aliphatic heterocycles. The van der Waals surface area contributed by atoms with E-state index in [0.29, 0.717) is 6.04 Å². The maximum absolute atomic E-state index is 11.4. The number of benzene rings is 1. The van der Waals surface area contributed by atoms with Gasteiger partial charge in [-0.15, -0.1) is 0 Å². The normalized spacial score (nSPS) is 22.7. The maximum atomic E-state index is 11.4. The Balaban J connectivity index is 2.10. The molecule has 1 heterocycles.